The first kappa shape index (κ1) is 26.4. The van der Waals surface area contributed by atoms with Gasteiger partial charge in [-0.05, 0) is 50.5 Å². The molecular formula is C24H31N5O5. The minimum absolute atomic E-state index is 0.110. The standard InChI is InChI=1S/C17H18N2O4.C7H13N3O/c1-11(2)6-15(17(21)22)19-10-14(8-16(19)20)23-13-5-3-4-12(7-13)9-18;1-7(2,11)5-10-4-3-6(8)9-10/h3-5,7-8,11,15H,6,10H2,1-2H3,(H,21,22);3-4,11H,5H2,1-2H3,(H2,8,9)/t15-;/m0./s1. The molecule has 2 heterocycles. The van der Waals surface area contributed by atoms with E-state index < -0.39 is 17.6 Å². The van der Waals surface area contributed by atoms with Crippen LogP contribution in [-0.4, -0.2) is 55.0 Å². The quantitative estimate of drug-likeness (QED) is 0.532. The topological polar surface area (TPSA) is 155 Å². The minimum Gasteiger partial charge on any atom is -0.480 e. The number of nitrogens with two attached hydrogens (primary N) is 1. The van der Waals surface area contributed by atoms with Gasteiger partial charge in [-0.2, -0.15) is 10.4 Å². The Hall–Kier alpha value is -3.84. The van der Waals surface area contributed by atoms with E-state index in [0.717, 1.165) is 0 Å². The van der Waals surface area contributed by atoms with Crippen molar-refractivity contribution in [2.45, 2.75) is 52.3 Å². The number of carbonyl (C=O) groups excluding carboxylic acids is 1. The van der Waals surface area contributed by atoms with Crippen molar-refractivity contribution in [2.24, 2.45) is 5.92 Å². The molecule has 1 amide bonds. The highest BCUT2D eigenvalue weighted by Gasteiger charge is 2.34. The Balaban J connectivity index is 0.000000310. The Kier molecular flexibility index (Phi) is 8.81. The van der Waals surface area contributed by atoms with Crippen molar-refractivity contribution in [3.05, 3.63) is 53.9 Å². The Morgan fingerprint density at radius 1 is 1.35 bits per heavy atom. The van der Waals surface area contributed by atoms with E-state index in [0.29, 0.717) is 35.9 Å². The number of benzene rings is 1. The third-order valence-corrected chi connectivity index (χ3v) is 4.67. The highest BCUT2D eigenvalue weighted by molar-refractivity contribution is 5.94. The van der Waals surface area contributed by atoms with E-state index in [9.17, 15) is 19.8 Å². The zero-order valence-electron chi connectivity index (χ0n) is 19.8. The number of carboxylic acids is 1. The number of carboxylic acid groups (broad SMARTS) is 1. The molecule has 34 heavy (non-hydrogen) atoms. The van der Waals surface area contributed by atoms with Crippen molar-refractivity contribution in [3.63, 3.8) is 0 Å². The summed E-state index contributed by atoms with van der Waals surface area (Å²) >= 11 is 0. The van der Waals surface area contributed by atoms with Gasteiger partial charge in [0.2, 0.25) is 0 Å². The number of nitriles is 1. The average Bonchev–Trinajstić information content (AvgIpc) is 3.29. The first-order chi connectivity index (χ1) is 15.9. The fourth-order valence-electron chi connectivity index (χ4n) is 3.29. The van der Waals surface area contributed by atoms with Gasteiger partial charge in [0.05, 0.1) is 30.3 Å². The van der Waals surface area contributed by atoms with Crippen LogP contribution < -0.4 is 10.5 Å². The molecule has 0 saturated carbocycles. The van der Waals surface area contributed by atoms with Crippen LogP contribution in [0.15, 0.2) is 48.4 Å². The molecule has 0 unspecified atom stereocenters. The van der Waals surface area contributed by atoms with Crippen LogP contribution in [0.5, 0.6) is 5.75 Å². The van der Waals surface area contributed by atoms with Gasteiger partial charge in [0.15, 0.2) is 0 Å². The predicted molar refractivity (Wildman–Crippen MR) is 125 cm³/mol. The molecule has 4 N–H and O–H groups in total. The van der Waals surface area contributed by atoms with Crippen LogP contribution in [0.3, 0.4) is 0 Å². The lowest BCUT2D eigenvalue weighted by Crippen LogP contribution is -2.43. The molecule has 0 fully saturated rings. The molecule has 182 valence electrons. The summed E-state index contributed by atoms with van der Waals surface area (Å²) in [5, 5.41) is 31.5. The van der Waals surface area contributed by atoms with Crippen molar-refractivity contribution in [1.82, 2.24) is 14.7 Å². The minimum atomic E-state index is -1.02. The molecule has 1 atom stereocenters. The van der Waals surface area contributed by atoms with Crippen LogP contribution in [-0.2, 0) is 16.1 Å². The second-order valence-corrected chi connectivity index (χ2v) is 9.05. The summed E-state index contributed by atoms with van der Waals surface area (Å²) in [6.45, 7) is 7.85. The fourth-order valence-corrected chi connectivity index (χ4v) is 3.29. The SMILES string of the molecule is CC(C)(O)Cn1ccc(N)n1.CC(C)C[C@@H](C(=O)O)N1CC(Oc2cccc(C#N)c2)=CC1=O. The van der Waals surface area contributed by atoms with Gasteiger partial charge in [0.25, 0.3) is 5.91 Å². The van der Waals surface area contributed by atoms with E-state index in [2.05, 4.69) is 5.10 Å². The number of ether oxygens (including phenoxy) is 1. The molecule has 1 aromatic heterocycles. The largest absolute Gasteiger partial charge is 0.480 e. The number of amides is 1. The molecule has 2 aromatic rings. The third kappa shape index (κ3) is 8.26. The smallest absolute Gasteiger partial charge is 0.326 e. The van der Waals surface area contributed by atoms with E-state index in [1.54, 1.807) is 55.1 Å². The van der Waals surface area contributed by atoms with Gasteiger partial charge in [-0.3, -0.25) is 9.48 Å². The lowest BCUT2D eigenvalue weighted by atomic mass is 10.0. The second-order valence-electron chi connectivity index (χ2n) is 9.05. The molecule has 1 aliphatic rings. The number of aliphatic carboxylic acids is 1. The Labute approximate surface area is 198 Å². The second kappa shape index (κ2) is 11.3. The summed E-state index contributed by atoms with van der Waals surface area (Å²) in [6.07, 6.45) is 3.43. The first-order valence-corrected chi connectivity index (χ1v) is 10.8. The summed E-state index contributed by atoms with van der Waals surface area (Å²) < 4.78 is 7.23. The van der Waals surface area contributed by atoms with E-state index in [1.807, 2.05) is 19.9 Å². The molecule has 1 aromatic carbocycles. The maximum Gasteiger partial charge on any atom is 0.326 e. The van der Waals surface area contributed by atoms with E-state index >= 15 is 0 Å². The molecule has 10 nitrogen and oxygen atoms in total. The predicted octanol–water partition coefficient (Wildman–Crippen LogP) is 2.40. The first-order valence-electron chi connectivity index (χ1n) is 10.8. The van der Waals surface area contributed by atoms with Crippen LogP contribution in [0.4, 0.5) is 5.82 Å². The lowest BCUT2D eigenvalue weighted by molar-refractivity contribution is -0.148. The molecule has 0 saturated heterocycles. The summed E-state index contributed by atoms with van der Waals surface area (Å²) in [6, 6.07) is 9.42. The molecule has 0 spiro atoms. The number of anilines is 1. The molecule has 1 aliphatic heterocycles. The van der Waals surface area contributed by atoms with Crippen molar-refractivity contribution >= 4 is 17.7 Å². The summed E-state index contributed by atoms with van der Waals surface area (Å²) in [4.78, 5) is 24.8. The molecule has 10 heteroatoms. The number of hydrogen-bond donors (Lipinski definition) is 3. The lowest BCUT2D eigenvalue weighted by Gasteiger charge is -2.25. The highest BCUT2D eigenvalue weighted by Crippen LogP contribution is 2.23. The zero-order chi connectivity index (χ0) is 25.5. The van der Waals surface area contributed by atoms with Gasteiger partial charge < -0.3 is 25.6 Å². The third-order valence-electron chi connectivity index (χ3n) is 4.67. The number of nitrogen functional groups attached to an aromatic ring is 1. The van der Waals surface area contributed by atoms with Crippen molar-refractivity contribution in [1.29, 1.82) is 5.26 Å². The van der Waals surface area contributed by atoms with Crippen molar-refractivity contribution < 1.29 is 24.5 Å². The summed E-state index contributed by atoms with van der Waals surface area (Å²) in [5.41, 5.74) is 5.10. The number of carbonyl (C=O) groups is 2. The zero-order valence-corrected chi connectivity index (χ0v) is 19.8. The van der Waals surface area contributed by atoms with Crippen LogP contribution in [0, 0.1) is 17.2 Å². The summed E-state index contributed by atoms with van der Waals surface area (Å²) in [5.74, 6) is 0.0638. The average molecular weight is 470 g/mol. The number of rotatable bonds is 8. The van der Waals surface area contributed by atoms with Gasteiger partial charge in [-0.1, -0.05) is 19.9 Å². The monoisotopic (exact) mass is 469 g/mol. The maximum absolute atomic E-state index is 12.1. The molecule has 0 bridgehead atoms. The number of nitrogens with zero attached hydrogens (tertiary/aromatic N) is 4. The Morgan fingerprint density at radius 3 is 2.59 bits per heavy atom. The Morgan fingerprint density at radius 2 is 2.06 bits per heavy atom. The highest BCUT2D eigenvalue weighted by atomic mass is 16.5. The molecular weight excluding hydrogens is 438 g/mol. The number of hydrogen-bond acceptors (Lipinski definition) is 7. The molecule has 0 aliphatic carbocycles. The number of aliphatic hydroxyl groups is 1. The Bertz CT molecular complexity index is 1080. The van der Waals surface area contributed by atoms with Gasteiger partial charge in [-0.25, -0.2) is 4.79 Å². The van der Waals surface area contributed by atoms with Crippen LogP contribution >= 0.6 is 0 Å². The fraction of sp³-hybridized carbons (Fsp3) is 0.417. The van der Waals surface area contributed by atoms with Gasteiger partial charge >= 0.3 is 5.97 Å². The molecule has 0 radical (unpaired) electrons. The van der Waals surface area contributed by atoms with E-state index in [-0.39, 0.29) is 18.4 Å². The van der Waals surface area contributed by atoms with Crippen LogP contribution in [0.1, 0.15) is 39.7 Å². The van der Waals surface area contributed by atoms with Gasteiger partial charge in [-0.15, -0.1) is 0 Å². The maximum atomic E-state index is 12.1. The van der Waals surface area contributed by atoms with Gasteiger partial charge in [0.1, 0.15) is 23.4 Å². The summed E-state index contributed by atoms with van der Waals surface area (Å²) in [7, 11) is 0. The number of aromatic nitrogens is 2. The van der Waals surface area contributed by atoms with Crippen LogP contribution in [0.25, 0.3) is 0 Å². The van der Waals surface area contributed by atoms with E-state index in [4.69, 9.17) is 15.7 Å². The van der Waals surface area contributed by atoms with E-state index in [1.165, 1.54) is 11.0 Å². The normalized spacial score (nSPS) is 14.2. The molecule has 3 rings (SSSR count). The van der Waals surface area contributed by atoms with Crippen LogP contribution in [0.2, 0.25) is 0 Å². The van der Waals surface area contributed by atoms with Crippen molar-refractivity contribution in [2.75, 3.05) is 12.3 Å². The van der Waals surface area contributed by atoms with Gasteiger partial charge in [0, 0.05) is 12.3 Å². The van der Waals surface area contributed by atoms with Crippen molar-refractivity contribution in [3.8, 4) is 11.8 Å².